The monoisotopic (exact) mass is 349 g/mol. The van der Waals surface area contributed by atoms with Gasteiger partial charge in [0.2, 0.25) is 0 Å². The molecule has 0 aliphatic heterocycles. The minimum absolute atomic E-state index is 0.735. The summed E-state index contributed by atoms with van der Waals surface area (Å²) in [6.45, 7) is 0. The number of hydrogen-bond donors (Lipinski definition) is 1. The topological polar surface area (TPSA) is 15.8 Å². The van der Waals surface area contributed by atoms with E-state index in [0.717, 1.165) is 25.1 Å². The van der Waals surface area contributed by atoms with Gasteiger partial charge in [-0.3, -0.25) is 0 Å². The number of benzene rings is 2. The summed E-state index contributed by atoms with van der Waals surface area (Å²) in [7, 11) is 0. The lowest BCUT2D eigenvalue weighted by atomic mass is 10.1. The van der Waals surface area contributed by atoms with Crippen LogP contribution in [0.5, 0.6) is 0 Å². The van der Waals surface area contributed by atoms with Gasteiger partial charge in [-0.1, -0.05) is 35.9 Å². The second-order valence-corrected chi connectivity index (χ2v) is 7.46. The number of aromatic nitrogens is 1. The maximum Gasteiger partial charge on any atom is 0.159 e. The lowest BCUT2D eigenvalue weighted by Crippen LogP contribution is -1.82. The molecule has 0 atom stereocenters. The Morgan fingerprint density at radius 1 is 1.00 bits per heavy atom. The quantitative estimate of drug-likeness (QED) is 0.428. The summed E-state index contributed by atoms with van der Waals surface area (Å²) < 4.78 is 0.781. The first-order valence-electron chi connectivity index (χ1n) is 6.31. The maximum atomic E-state index is 5.96. The fourth-order valence-corrected chi connectivity index (χ4v) is 3.84. The van der Waals surface area contributed by atoms with E-state index >= 15 is 0 Å². The van der Waals surface area contributed by atoms with E-state index in [1.807, 2.05) is 24.3 Å². The zero-order chi connectivity index (χ0) is 14.8. The van der Waals surface area contributed by atoms with E-state index in [0.29, 0.717) is 0 Å². The van der Waals surface area contributed by atoms with Gasteiger partial charge in [0.1, 0.15) is 0 Å². The number of halogens is 1. The van der Waals surface area contributed by atoms with E-state index in [1.165, 1.54) is 10.5 Å². The first kappa shape index (κ1) is 14.9. The molecule has 0 saturated carbocycles. The first-order valence-corrected chi connectivity index (χ1v) is 9.13. The Labute approximate surface area is 142 Å². The molecule has 1 N–H and O–H groups in total. The Morgan fingerprint density at radius 3 is 2.24 bits per heavy atom. The van der Waals surface area contributed by atoms with Crippen LogP contribution < -0.4 is 0 Å². The van der Waals surface area contributed by atoms with Gasteiger partial charge in [-0.2, -0.15) is 0 Å². The van der Waals surface area contributed by atoms with Crippen LogP contribution in [0.25, 0.3) is 21.7 Å². The van der Waals surface area contributed by atoms with Crippen molar-refractivity contribution in [1.82, 2.24) is 4.98 Å². The molecule has 1 aromatic heterocycles. The van der Waals surface area contributed by atoms with Crippen molar-refractivity contribution in [3.8, 4) is 21.7 Å². The van der Waals surface area contributed by atoms with Gasteiger partial charge in [-0.25, -0.2) is 0 Å². The van der Waals surface area contributed by atoms with Crippen molar-refractivity contribution in [2.24, 2.45) is 0 Å². The third-order valence-electron chi connectivity index (χ3n) is 3.13. The van der Waals surface area contributed by atoms with Gasteiger partial charge in [0.25, 0.3) is 0 Å². The van der Waals surface area contributed by atoms with Crippen molar-refractivity contribution in [2.45, 2.75) is 4.90 Å². The molecule has 5 heteroatoms. The van der Waals surface area contributed by atoms with Crippen LogP contribution in [0, 0.1) is 3.95 Å². The zero-order valence-electron chi connectivity index (χ0n) is 11.2. The molecule has 21 heavy (non-hydrogen) atoms. The summed E-state index contributed by atoms with van der Waals surface area (Å²) >= 11 is 14.6. The van der Waals surface area contributed by atoms with Crippen molar-refractivity contribution in [3.05, 3.63) is 57.5 Å². The molecule has 3 rings (SSSR count). The standard InChI is InChI=1S/C16H12ClNS3/c1-20-13-8-4-11(5-9-13)15-14(18-16(19)21-15)10-2-6-12(17)7-3-10/h2-9H,1H3,(H,18,19). The first-order chi connectivity index (χ1) is 10.2. The van der Waals surface area contributed by atoms with E-state index in [1.54, 1.807) is 23.1 Å². The number of hydrogen-bond acceptors (Lipinski definition) is 3. The summed E-state index contributed by atoms with van der Waals surface area (Å²) in [6.07, 6.45) is 2.08. The van der Waals surface area contributed by atoms with Crippen LogP contribution in [-0.4, -0.2) is 11.2 Å². The Kier molecular flexibility index (Phi) is 4.50. The lowest BCUT2D eigenvalue weighted by molar-refractivity contribution is 1.38. The van der Waals surface area contributed by atoms with Gasteiger partial charge in [0.15, 0.2) is 3.95 Å². The minimum Gasteiger partial charge on any atom is -0.336 e. The fraction of sp³-hybridized carbons (Fsp3) is 0.0625. The summed E-state index contributed by atoms with van der Waals surface area (Å²) in [5, 5.41) is 0.735. The normalized spacial score (nSPS) is 10.8. The number of thioether (sulfide) groups is 1. The van der Waals surface area contributed by atoms with Gasteiger partial charge in [0.05, 0.1) is 10.6 Å². The molecule has 2 aromatic carbocycles. The summed E-state index contributed by atoms with van der Waals surface area (Å²) in [4.78, 5) is 5.71. The third-order valence-corrected chi connectivity index (χ3v) is 5.41. The summed E-state index contributed by atoms with van der Waals surface area (Å²) in [5.41, 5.74) is 3.32. The van der Waals surface area contributed by atoms with Gasteiger partial charge < -0.3 is 4.98 Å². The van der Waals surface area contributed by atoms with Crippen LogP contribution in [0.1, 0.15) is 0 Å². The number of thiazole rings is 1. The summed E-state index contributed by atoms with van der Waals surface area (Å²) in [6, 6.07) is 16.4. The molecule has 0 saturated heterocycles. The number of nitrogens with one attached hydrogen (secondary N) is 1. The van der Waals surface area contributed by atoms with Crippen LogP contribution in [0.4, 0.5) is 0 Å². The summed E-state index contributed by atoms with van der Waals surface area (Å²) in [5.74, 6) is 0. The number of H-pyrrole nitrogens is 1. The molecule has 3 aromatic rings. The number of aromatic amines is 1. The predicted molar refractivity (Wildman–Crippen MR) is 97.2 cm³/mol. The highest BCUT2D eigenvalue weighted by Gasteiger charge is 2.11. The third kappa shape index (κ3) is 3.24. The SMILES string of the molecule is CSc1ccc(-c2sc(=S)[nH]c2-c2ccc(Cl)cc2)cc1. The molecule has 0 aliphatic carbocycles. The molecule has 0 amide bonds. The van der Waals surface area contributed by atoms with Gasteiger partial charge >= 0.3 is 0 Å². The molecule has 1 nitrogen and oxygen atoms in total. The maximum absolute atomic E-state index is 5.96. The second kappa shape index (κ2) is 6.36. The van der Waals surface area contributed by atoms with Gasteiger partial charge in [-0.05, 0) is 53.9 Å². The molecule has 0 fully saturated rings. The van der Waals surface area contributed by atoms with E-state index in [2.05, 4.69) is 35.5 Å². The van der Waals surface area contributed by atoms with Crippen molar-refractivity contribution >= 4 is 46.9 Å². The second-order valence-electron chi connectivity index (χ2n) is 4.45. The molecular weight excluding hydrogens is 338 g/mol. The van der Waals surface area contributed by atoms with Gasteiger partial charge in [0, 0.05) is 9.92 Å². The highest BCUT2D eigenvalue weighted by molar-refractivity contribution is 7.98. The predicted octanol–water partition coefficient (Wildman–Crippen LogP) is 6.51. The Hall–Kier alpha value is -1.07. The van der Waals surface area contributed by atoms with Gasteiger partial charge in [-0.15, -0.1) is 23.1 Å². The van der Waals surface area contributed by atoms with Crippen molar-refractivity contribution in [1.29, 1.82) is 0 Å². The van der Waals surface area contributed by atoms with E-state index in [9.17, 15) is 0 Å². The molecule has 0 spiro atoms. The molecule has 106 valence electrons. The average Bonchev–Trinajstić information content (AvgIpc) is 2.90. The molecule has 0 radical (unpaired) electrons. The molecular formula is C16H12ClNS3. The van der Waals surface area contributed by atoms with Crippen LogP contribution in [0.2, 0.25) is 5.02 Å². The van der Waals surface area contributed by atoms with E-state index in [-0.39, 0.29) is 0 Å². The number of rotatable bonds is 3. The van der Waals surface area contributed by atoms with E-state index < -0.39 is 0 Å². The molecule has 0 bridgehead atoms. The average molecular weight is 350 g/mol. The van der Waals surface area contributed by atoms with Crippen LogP contribution in [0.3, 0.4) is 0 Å². The minimum atomic E-state index is 0.735. The van der Waals surface area contributed by atoms with Crippen molar-refractivity contribution < 1.29 is 0 Å². The van der Waals surface area contributed by atoms with Crippen LogP contribution >= 0.6 is 46.9 Å². The van der Waals surface area contributed by atoms with E-state index in [4.69, 9.17) is 23.8 Å². The Bertz CT molecular complexity index is 801. The smallest absolute Gasteiger partial charge is 0.159 e. The van der Waals surface area contributed by atoms with Crippen molar-refractivity contribution in [2.75, 3.05) is 6.26 Å². The highest BCUT2D eigenvalue weighted by Crippen LogP contribution is 2.36. The lowest BCUT2D eigenvalue weighted by Gasteiger charge is -2.05. The Morgan fingerprint density at radius 2 is 1.62 bits per heavy atom. The largest absolute Gasteiger partial charge is 0.336 e. The van der Waals surface area contributed by atoms with Crippen molar-refractivity contribution in [3.63, 3.8) is 0 Å². The zero-order valence-corrected chi connectivity index (χ0v) is 14.4. The molecule has 1 heterocycles. The van der Waals surface area contributed by atoms with Crippen LogP contribution in [-0.2, 0) is 0 Å². The highest BCUT2D eigenvalue weighted by atomic mass is 35.5. The molecule has 0 aliphatic rings. The fourth-order valence-electron chi connectivity index (χ4n) is 2.09. The van der Waals surface area contributed by atoms with Crippen LogP contribution in [0.15, 0.2) is 53.4 Å². The molecule has 0 unspecified atom stereocenters. The Balaban J connectivity index is 2.10.